The Labute approximate surface area is 109 Å². The number of hydrogen-bond donors (Lipinski definition) is 0. The molecule has 0 N–H and O–H groups in total. The zero-order valence-electron chi connectivity index (χ0n) is 10.2. The molecule has 2 heterocycles. The SMILES string of the molecule is O=C1CCCC2C1N2N1C(=O)c2ccccc2C1=O. The topological polar surface area (TPSA) is 57.5 Å². The fraction of sp³-hybridized carbons (Fsp3) is 0.357. The van der Waals surface area contributed by atoms with Crippen LogP contribution >= 0.6 is 0 Å². The lowest BCUT2D eigenvalue weighted by Gasteiger charge is -2.15. The van der Waals surface area contributed by atoms with E-state index >= 15 is 0 Å². The van der Waals surface area contributed by atoms with Crippen LogP contribution in [-0.2, 0) is 4.79 Å². The fourth-order valence-corrected chi connectivity index (χ4v) is 3.21. The predicted molar refractivity (Wildman–Crippen MR) is 65.2 cm³/mol. The van der Waals surface area contributed by atoms with Crippen molar-refractivity contribution in [3.63, 3.8) is 0 Å². The maximum Gasteiger partial charge on any atom is 0.276 e. The lowest BCUT2D eigenvalue weighted by molar-refractivity contribution is -0.120. The van der Waals surface area contributed by atoms with Gasteiger partial charge in [-0.05, 0) is 25.0 Å². The van der Waals surface area contributed by atoms with E-state index in [-0.39, 0.29) is 29.7 Å². The second-order valence-corrected chi connectivity index (χ2v) is 5.22. The molecule has 0 spiro atoms. The maximum atomic E-state index is 12.3. The third-order valence-electron chi connectivity index (χ3n) is 4.16. The minimum absolute atomic E-state index is 0.0449. The molecule has 0 bridgehead atoms. The standard InChI is InChI=1S/C14H12N2O3/c17-11-7-3-6-10-12(11)15(10)16-13(18)8-4-1-2-5-9(8)14(16)19/h1-2,4-5,10,12H,3,6-7H2. The number of nitrogens with zero attached hydrogens (tertiary/aromatic N) is 2. The normalized spacial score (nSPS) is 32.3. The van der Waals surface area contributed by atoms with E-state index in [9.17, 15) is 14.4 Å². The summed E-state index contributed by atoms with van der Waals surface area (Å²) >= 11 is 0. The molecule has 2 amide bonds. The lowest BCUT2D eigenvalue weighted by atomic mass is 10.00. The van der Waals surface area contributed by atoms with Crippen LogP contribution in [0.5, 0.6) is 0 Å². The number of fused-ring (bicyclic) bond motifs is 2. The summed E-state index contributed by atoms with van der Waals surface area (Å²) in [4.78, 5) is 36.4. The Kier molecular flexibility index (Phi) is 2.01. The molecule has 19 heavy (non-hydrogen) atoms. The summed E-state index contributed by atoms with van der Waals surface area (Å²) in [6.45, 7) is 0. The van der Waals surface area contributed by atoms with E-state index < -0.39 is 0 Å². The molecule has 3 atom stereocenters. The van der Waals surface area contributed by atoms with Crippen molar-refractivity contribution in [2.24, 2.45) is 0 Å². The lowest BCUT2D eigenvalue weighted by Crippen LogP contribution is -2.37. The first-order chi connectivity index (χ1) is 9.20. The molecule has 5 heteroatoms. The second kappa shape index (κ2) is 3.51. The minimum Gasteiger partial charge on any atom is -0.298 e. The first-order valence-electron chi connectivity index (χ1n) is 6.49. The van der Waals surface area contributed by atoms with Crippen LogP contribution in [0.15, 0.2) is 24.3 Å². The molecule has 5 nitrogen and oxygen atoms in total. The van der Waals surface area contributed by atoms with Crippen molar-refractivity contribution in [3.8, 4) is 0 Å². The molecule has 4 rings (SSSR count). The van der Waals surface area contributed by atoms with E-state index in [1.807, 2.05) is 0 Å². The van der Waals surface area contributed by atoms with E-state index in [1.54, 1.807) is 29.3 Å². The number of carbonyl (C=O) groups is 3. The number of ketones is 1. The van der Waals surface area contributed by atoms with Gasteiger partial charge >= 0.3 is 0 Å². The van der Waals surface area contributed by atoms with Crippen LogP contribution in [0.1, 0.15) is 40.0 Å². The monoisotopic (exact) mass is 256 g/mol. The fourth-order valence-electron chi connectivity index (χ4n) is 3.21. The molecule has 1 aromatic carbocycles. The van der Waals surface area contributed by atoms with Crippen molar-refractivity contribution in [2.75, 3.05) is 0 Å². The Hall–Kier alpha value is -2.01. The summed E-state index contributed by atoms with van der Waals surface area (Å²) in [5, 5.41) is 2.84. The van der Waals surface area contributed by atoms with Crippen LogP contribution in [0, 0.1) is 0 Å². The second-order valence-electron chi connectivity index (χ2n) is 5.22. The third kappa shape index (κ3) is 1.30. The Morgan fingerprint density at radius 1 is 1.00 bits per heavy atom. The highest BCUT2D eigenvalue weighted by Crippen LogP contribution is 2.42. The summed E-state index contributed by atoms with van der Waals surface area (Å²) in [5.41, 5.74) is 0.868. The van der Waals surface area contributed by atoms with Gasteiger partial charge in [0.1, 0.15) is 6.04 Å². The molecule has 1 aliphatic carbocycles. The Bertz CT molecular complexity index is 590. The van der Waals surface area contributed by atoms with Gasteiger partial charge in [-0.25, -0.2) is 5.01 Å². The van der Waals surface area contributed by atoms with E-state index in [0.29, 0.717) is 17.5 Å². The van der Waals surface area contributed by atoms with Gasteiger partial charge in [0.25, 0.3) is 11.8 Å². The van der Waals surface area contributed by atoms with Crippen LogP contribution in [0.4, 0.5) is 0 Å². The number of Topliss-reactive ketones (excluding diaryl/α,β-unsaturated/α-hetero) is 1. The van der Waals surface area contributed by atoms with Gasteiger partial charge in [0.15, 0.2) is 5.78 Å². The molecule has 0 radical (unpaired) electrons. The summed E-state index contributed by atoms with van der Waals surface area (Å²) in [5.74, 6) is -0.460. The first-order valence-corrected chi connectivity index (χ1v) is 6.49. The molecule has 2 fully saturated rings. The number of hydrogen-bond acceptors (Lipinski definition) is 4. The number of rotatable bonds is 1. The van der Waals surface area contributed by atoms with Crippen molar-refractivity contribution >= 4 is 17.6 Å². The quantitative estimate of drug-likeness (QED) is 0.555. The number of hydrazine groups is 1. The zero-order valence-corrected chi connectivity index (χ0v) is 10.2. The van der Waals surface area contributed by atoms with Crippen molar-refractivity contribution < 1.29 is 14.4 Å². The first kappa shape index (κ1) is 10.9. The predicted octanol–water partition coefficient (Wildman–Crippen LogP) is 1.00. The zero-order chi connectivity index (χ0) is 13.1. The van der Waals surface area contributed by atoms with E-state index in [4.69, 9.17) is 0 Å². The van der Waals surface area contributed by atoms with Gasteiger partial charge in [-0.15, -0.1) is 0 Å². The van der Waals surface area contributed by atoms with Crippen molar-refractivity contribution in [2.45, 2.75) is 31.3 Å². The Balaban J connectivity index is 1.70. The van der Waals surface area contributed by atoms with Gasteiger partial charge in [-0.3, -0.25) is 14.4 Å². The molecular weight excluding hydrogens is 244 g/mol. The van der Waals surface area contributed by atoms with Gasteiger partial charge in [-0.2, -0.15) is 5.01 Å². The van der Waals surface area contributed by atoms with Gasteiger partial charge in [0, 0.05) is 6.42 Å². The Morgan fingerprint density at radius 2 is 1.63 bits per heavy atom. The highest BCUT2D eigenvalue weighted by molar-refractivity contribution is 6.21. The molecule has 1 aromatic rings. The van der Waals surface area contributed by atoms with Crippen LogP contribution in [0.3, 0.4) is 0 Å². The van der Waals surface area contributed by atoms with Gasteiger partial charge in [-0.1, -0.05) is 12.1 Å². The number of imide groups is 1. The van der Waals surface area contributed by atoms with Crippen LogP contribution < -0.4 is 0 Å². The summed E-state index contributed by atoms with van der Waals surface area (Å²) in [6, 6.07) is 6.59. The van der Waals surface area contributed by atoms with Gasteiger partial charge < -0.3 is 0 Å². The average Bonchev–Trinajstić information content (AvgIpc) is 3.09. The van der Waals surface area contributed by atoms with E-state index in [2.05, 4.69) is 0 Å². The van der Waals surface area contributed by atoms with Crippen molar-refractivity contribution in [1.29, 1.82) is 0 Å². The molecule has 0 aromatic heterocycles. The van der Waals surface area contributed by atoms with Crippen molar-refractivity contribution in [3.05, 3.63) is 35.4 Å². The largest absolute Gasteiger partial charge is 0.298 e. The number of amides is 2. The molecule has 1 saturated heterocycles. The highest BCUT2D eigenvalue weighted by atomic mass is 16.2. The minimum atomic E-state index is -0.303. The smallest absolute Gasteiger partial charge is 0.276 e. The van der Waals surface area contributed by atoms with Crippen LogP contribution in [-0.4, -0.2) is 39.7 Å². The highest BCUT2D eigenvalue weighted by Gasteiger charge is 2.60. The van der Waals surface area contributed by atoms with E-state index in [1.165, 1.54) is 5.01 Å². The molecular formula is C14H12N2O3. The molecule has 2 aliphatic heterocycles. The number of benzene rings is 1. The molecule has 3 aliphatic rings. The van der Waals surface area contributed by atoms with Crippen LogP contribution in [0.2, 0.25) is 0 Å². The average molecular weight is 256 g/mol. The maximum absolute atomic E-state index is 12.3. The van der Waals surface area contributed by atoms with Gasteiger partial charge in [0.2, 0.25) is 0 Å². The van der Waals surface area contributed by atoms with E-state index in [0.717, 1.165) is 12.8 Å². The molecule has 96 valence electrons. The van der Waals surface area contributed by atoms with Crippen LogP contribution in [0.25, 0.3) is 0 Å². The third-order valence-corrected chi connectivity index (χ3v) is 4.16. The molecule has 3 unspecified atom stereocenters. The Morgan fingerprint density at radius 3 is 2.21 bits per heavy atom. The van der Waals surface area contributed by atoms with Gasteiger partial charge in [0.05, 0.1) is 17.2 Å². The number of carbonyl (C=O) groups excluding carboxylic acids is 3. The molecule has 1 saturated carbocycles. The summed E-state index contributed by atoms with van der Waals surface area (Å²) in [6.07, 6.45) is 2.28. The summed E-state index contributed by atoms with van der Waals surface area (Å²) in [7, 11) is 0. The summed E-state index contributed by atoms with van der Waals surface area (Å²) < 4.78 is 0. The van der Waals surface area contributed by atoms with Crippen molar-refractivity contribution in [1.82, 2.24) is 10.0 Å².